The number of hydrogen-bond donors (Lipinski definition) is 3. The van der Waals surface area contributed by atoms with Crippen molar-refractivity contribution in [1.29, 1.82) is 0 Å². The largest absolute Gasteiger partial charge is 0.397 e. The maximum Gasteiger partial charge on any atom is 0.253 e. The Morgan fingerprint density at radius 1 is 1.29 bits per heavy atom. The molecule has 0 aliphatic heterocycles. The molecule has 112 valence electrons. The van der Waals surface area contributed by atoms with Crippen LogP contribution in [-0.4, -0.2) is 17.7 Å². The number of amides is 1. The first-order valence-electron chi connectivity index (χ1n) is 6.10. The van der Waals surface area contributed by atoms with Gasteiger partial charge in [0.1, 0.15) is 9.88 Å². The molecule has 5 nitrogen and oxygen atoms in total. The summed E-state index contributed by atoms with van der Waals surface area (Å²) in [5, 5.41) is 3.61. The number of halogens is 1. The number of hydrogen-bond acceptors (Lipinski definition) is 6. The molecule has 0 saturated heterocycles. The molecule has 2 rings (SSSR count). The number of nitrogen functional groups attached to an aromatic ring is 1. The van der Waals surface area contributed by atoms with Gasteiger partial charge in [0.25, 0.3) is 5.91 Å². The van der Waals surface area contributed by atoms with E-state index in [1.165, 1.54) is 11.3 Å². The third-order valence-corrected chi connectivity index (χ3v) is 4.98. The van der Waals surface area contributed by atoms with E-state index in [-0.39, 0.29) is 23.1 Å². The van der Waals surface area contributed by atoms with Crippen molar-refractivity contribution in [2.24, 2.45) is 5.73 Å². The summed E-state index contributed by atoms with van der Waals surface area (Å²) in [5.41, 5.74) is 11.6. The van der Waals surface area contributed by atoms with Crippen molar-refractivity contribution in [3.63, 3.8) is 0 Å². The second kappa shape index (κ2) is 6.05. The normalized spacial score (nSPS) is 10.9. The molecule has 0 bridgehead atoms. The van der Waals surface area contributed by atoms with E-state index in [1.807, 2.05) is 13.8 Å². The minimum atomic E-state index is -0.657. The Morgan fingerprint density at radius 3 is 2.43 bits per heavy atom. The molecule has 0 aliphatic rings. The molecule has 0 fully saturated rings. The lowest BCUT2D eigenvalue weighted by atomic mass is 10.1. The topological polar surface area (TPSA) is 98.2 Å². The lowest BCUT2D eigenvalue weighted by molar-refractivity contribution is 0.100. The summed E-state index contributed by atoms with van der Waals surface area (Å²) >= 11 is 8.14. The van der Waals surface area contributed by atoms with Crippen molar-refractivity contribution in [1.82, 2.24) is 0 Å². The zero-order valence-electron chi connectivity index (χ0n) is 11.4. The van der Waals surface area contributed by atoms with E-state index >= 15 is 0 Å². The Bertz CT molecular complexity index is 706. The molecule has 0 spiro atoms. The highest BCUT2D eigenvalue weighted by Crippen LogP contribution is 2.38. The van der Waals surface area contributed by atoms with E-state index in [0.717, 1.165) is 11.3 Å². The highest BCUT2D eigenvalue weighted by atomic mass is 35.5. The Kier molecular flexibility index (Phi) is 4.55. The number of rotatable bonds is 5. The van der Waals surface area contributed by atoms with Crippen molar-refractivity contribution in [2.45, 2.75) is 19.9 Å². The van der Waals surface area contributed by atoms with E-state index in [2.05, 4.69) is 5.32 Å². The van der Waals surface area contributed by atoms with Gasteiger partial charge in [-0.1, -0.05) is 11.6 Å². The molecule has 0 unspecified atom stereocenters. The van der Waals surface area contributed by atoms with E-state index in [1.54, 1.807) is 12.1 Å². The lowest BCUT2D eigenvalue weighted by Crippen LogP contribution is -2.17. The fraction of sp³-hybridized carbons (Fsp3) is 0.231. The fourth-order valence-corrected chi connectivity index (χ4v) is 4.05. The minimum absolute atomic E-state index is 0.0836. The Morgan fingerprint density at radius 2 is 1.95 bits per heavy atom. The summed E-state index contributed by atoms with van der Waals surface area (Å²) < 4.78 is 0.518. The van der Waals surface area contributed by atoms with Crippen LogP contribution >= 0.6 is 34.3 Å². The summed E-state index contributed by atoms with van der Waals surface area (Å²) in [5.74, 6) is -0.913. The Labute approximate surface area is 134 Å². The number of ketones is 1. The molecule has 5 N–H and O–H groups in total. The molecule has 2 aromatic rings. The van der Waals surface area contributed by atoms with Crippen LogP contribution in [0.3, 0.4) is 0 Å². The van der Waals surface area contributed by atoms with Gasteiger partial charge in [-0.25, -0.2) is 0 Å². The van der Waals surface area contributed by atoms with Gasteiger partial charge >= 0.3 is 0 Å². The summed E-state index contributed by atoms with van der Waals surface area (Å²) in [7, 11) is 0. The molecule has 0 saturated carbocycles. The summed E-state index contributed by atoms with van der Waals surface area (Å²) in [4.78, 5) is 24.8. The maximum absolute atomic E-state index is 12.5. The standard InChI is InChI=1S/C13H14ClN3O2S2/c1-5(2)17-13-8(12(16)19)9(15)11(21-13)10(18)6-3-4-7(14)20-6/h3-5,17H,15H2,1-2H3,(H2,16,19). The van der Waals surface area contributed by atoms with Crippen LogP contribution in [0.25, 0.3) is 0 Å². The molecule has 0 aliphatic carbocycles. The van der Waals surface area contributed by atoms with Crippen LogP contribution < -0.4 is 16.8 Å². The highest BCUT2D eigenvalue weighted by Gasteiger charge is 2.25. The first-order chi connectivity index (χ1) is 9.81. The van der Waals surface area contributed by atoms with Crippen LogP contribution in [0.15, 0.2) is 12.1 Å². The minimum Gasteiger partial charge on any atom is -0.397 e. The van der Waals surface area contributed by atoms with Gasteiger partial charge in [0, 0.05) is 6.04 Å². The van der Waals surface area contributed by atoms with Gasteiger partial charge in [-0.15, -0.1) is 22.7 Å². The number of carbonyl (C=O) groups excluding carboxylic acids is 2. The number of nitrogens with one attached hydrogen (secondary N) is 1. The monoisotopic (exact) mass is 343 g/mol. The molecule has 0 atom stereocenters. The summed E-state index contributed by atoms with van der Waals surface area (Å²) in [6, 6.07) is 3.36. The van der Waals surface area contributed by atoms with E-state index < -0.39 is 5.91 Å². The quantitative estimate of drug-likeness (QED) is 0.726. The molecular formula is C13H14ClN3O2S2. The van der Waals surface area contributed by atoms with Gasteiger partial charge in [-0.3, -0.25) is 9.59 Å². The zero-order valence-corrected chi connectivity index (χ0v) is 13.8. The predicted octanol–water partition coefficient (Wildman–Crippen LogP) is 3.20. The average Bonchev–Trinajstić information content (AvgIpc) is 2.92. The number of carbonyl (C=O) groups is 2. The SMILES string of the molecule is CC(C)Nc1sc(C(=O)c2ccc(Cl)s2)c(N)c1C(N)=O. The highest BCUT2D eigenvalue weighted by molar-refractivity contribution is 7.22. The molecule has 0 radical (unpaired) electrons. The third kappa shape index (κ3) is 3.20. The van der Waals surface area contributed by atoms with Crippen LogP contribution in [-0.2, 0) is 0 Å². The van der Waals surface area contributed by atoms with E-state index in [9.17, 15) is 9.59 Å². The zero-order chi connectivity index (χ0) is 15.7. The van der Waals surface area contributed by atoms with Crippen LogP contribution in [0.2, 0.25) is 4.34 Å². The molecule has 2 heterocycles. The van der Waals surface area contributed by atoms with Crippen molar-refractivity contribution in [2.75, 3.05) is 11.1 Å². The number of anilines is 2. The van der Waals surface area contributed by atoms with Crippen molar-refractivity contribution in [3.05, 3.63) is 31.8 Å². The Hall–Kier alpha value is -1.57. The number of nitrogens with two attached hydrogens (primary N) is 2. The number of thiophene rings is 2. The second-order valence-electron chi connectivity index (χ2n) is 4.65. The van der Waals surface area contributed by atoms with Gasteiger partial charge in [0.05, 0.1) is 20.5 Å². The summed E-state index contributed by atoms with van der Waals surface area (Å²) in [6.07, 6.45) is 0. The molecular weight excluding hydrogens is 330 g/mol. The maximum atomic E-state index is 12.5. The first-order valence-corrected chi connectivity index (χ1v) is 8.11. The van der Waals surface area contributed by atoms with Gasteiger partial charge in [0.2, 0.25) is 5.78 Å². The van der Waals surface area contributed by atoms with Gasteiger partial charge in [-0.2, -0.15) is 0 Å². The second-order valence-corrected chi connectivity index (χ2v) is 7.38. The molecule has 2 aromatic heterocycles. The average molecular weight is 344 g/mol. The van der Waals surface area contributed by atoms with Crippen molar-refractivity contribution in [3.8, 4) is 0 Å². The van der Waals surface area contributed by atoms with Crippen LogP contribution in [0, 0.1) is 0 Å². The molecule has 8 heteroatoms. The van der Waals surface area contributed by atoms with Crippen molar-refractivity contribution < 1.29 is 9.59 Å². The van der Waals surface area contributed by atoms with E-state index in [4.69, 9.17) is 23.1 Å². The van der Waals surface area contributed by atoms with Crippen molar-refractivity contribution >= 4 is 56.7 Å². The summed E-state index contributed by atoms with van der Waals surface area (Å²) in [6.45, 7) is 3.84. The van der Waals surface area contributed by atoms with Gasteiger partial charge in [-0.05, 0) is 26.0 Å². The first kappa shape index (κ1) is 15.8. The third-order valence-electron chi connectivity index (χ3n) is 2.61. The van der Waals surface area contributed by atoms with Crippen LogP contribution in [0.5, 0.6) is 0 Å². The van der Waals surface area contributed by atoms with Gasteiger partial charge < -0.3 is 16.8 Å². The predicted molar refractivity (Wildman–Crippen MR) is 88.8 cm³/mol. The van der Waals surface area contributed by atoms with E-state index in [0.29, 0.717) is 19.1 Å². The fourth-order valence-electron chi connectivity index (χ4n) is 1.77. The van der Waals surface area contributed by atoms with Crippen LogP contribution in [0.1, 0.15) is 38.8 Å². The lowest BCUT2D eigenvalue weighted by Gasteiger charge is -2.08. The Balaban J connectivity index is 2.49. The number of primary amides is 1. The van der Waals surface area contributed by atoms with Crippen LogP contribution in [0.4, 0.5) is 10.7 Å². The van der Waals surface area contributed by atoms with Gasteiger partial charge in [0.15, 0.2) is 0 Å². The molecule has 1 amide bonds. The smallest absolute Gasteiger partial charge is 0.253 e. The molecule has 21 heavy (non-hydrogen) atoms. The molecule has 0 aromatic carbocycles.